The van der Waals surface area contributed by atoms with E-state index in [4.69, 9.17) is 4.43 Å². The van der Waals surface area contributed by atoms with Crippen molar-refractivity contribution >= 4 is 18.7 Å². The highest BCUT2D eigenvalue weighted by molar-refractivity contribution is 6.96. The van der Waals surface area contributed by atoms with Crippen LogP contribution in [0.25, 0.3) is 0 Å². The predicted molar refractivity (Wildman–Crippen MR) is 102 cm³/mol. The van der Waals surface area contributed by atoms with E-state index >= 15 is 0 Å². The van der Waals surface area contributed by atoms with Gasteiger partial charge in [0.2, 0.25) is 0 Å². The summed E-state index contributed by atoms with van der Waals surface area (Å²) in [6.45, 7) is 5.55. The molecule has 0 spiro atoms. The van der Waals surface area contributed by atoms with Crippen LogP contribution in [0, 0.1) is 11.8 Å². The van der Waals surface area contributed by atoms with Gasteiger partial charge >= 0.3 is 0 Å². The van der Waals surface area contributed by atoms with E-state index in [1.165, 1.54) is 23.2 Å². The van der Waals surface area contributed by atoms with Crippen LogP contribution < -0.4 is 15.7 Å². The summed E-state index contributed by atoms with van der Waals surface area (Å²) in [5, 5.41) is 6.51. The zero-order chi connectivity index (χ0) is 16.6. The van der Waals surface area contributed by atoms with E-state index in [9.17, 15) is 0 Å². The van der Waals surface area contributed by atoms with Gasteiger partial charge in [-0.15, -0.1) is 0 Å². The van der Waals surface area contributed by atoms with E-state index in [2.05, 4.69) is 79.5 Å². The van der Waals surface area contributed by atoms with Gasteiger partial charge in [-0.05, 0) is 41.6 Å². The van der Waals surface area contributed by atoms with Gasteiger partial charge in [0.1, 0.15) is 0 Å². The number of hydrogen-bond acceptors (Lipinski definition) is 2. The van der Waals surface area contributed by atoms with Crippen LogP contribution in [0.3, 0.4) is 0 Å². The Labute approximate surface area is 146 Å². The van der Waals surface area contributed by atoms with Crippen molar-refractivity contribution in [1.82, 2.24) is 5.32 Å². The van der Waals surface area contributed by atoms with Crippen LogP contribution >= 0.6 is 0 Å². The van der Waals surface area contributed by atoms with E-state index in [0.29, 0.717) is 6.04 Å². The van der Waals surface area contributed by atoms with Crippen LogP contribution in [0.4, 0.5) is 0 Å². The standard InChI is InChI=1S/C21H27NOSi/c1-16-17-13-18(14-17)22-21(16)15-23-24(2,19-9-5-3-6-10-19)20-11-7-4-8-12-20/h3-12,16-18,21-22H,13-15H2,1-2H3/t16-,17?,18?,21+/m0/s1. The quantitative estimate of drug-likeness (QED) is 0.847. The minimum Gasteiger partial charge on any atom is -0.407 e. The Morgan fingerprint density at radius 3 is 2.00 bits per heavy atom. The third-order valence-electron chi connectivity index (χ3n) is 6.20. The summed E-state index contributed by atoms with van der Waals surface area (Å²) in [5.74, 6) is 1.63. The van der Waals surface area contributed by atoms with Gasteiger partial charge < -0.3 is 9.74 Å². The first-order valence-electron chi connectivity index (χ1n) is 9.18. The monoisotopic (exact) mass is 337 g/mol. The lowest BCUT2D eigenvalue weighted by molar-refractivity contribution is 0.0327. The first-order chi connectivity index (χ1) is 11.7. The van der Waals surface area contributed by atoms with Gasteiger partial charge in [-0.1, -0.05) is 67.6 Å². The van der Waals surface area contributed by atoms with Crippen molar-refractivity contribution in [3.8, 4) is 0 Å². The lowest BCUT2D eigenvalue weighted by Crippen LogP contribution is -2.64. The van der Waals surface area contributed by atoms with E-state index in [0.717, 1.165) is 24.5 Å². The van der Waals surface area contributed by atoms with E-state index in [1.54, 1.807) is 0 Å². The Morgan fingerprint density at radius 1 is 0.958 bits per heavy atom. The highest BCUT2D eigenvalue weighted by atomic mass is 28.4. The maximum absolute atomic E-state index is 6.76. The van der Waals surface area contributed by atoms with Gasteiger partial charge in [0.15, 0.2) is 0 Å². The molecular weight excluding hydrogens is 310 g/mol. The van der Waals surface area contributed by atoms with Gasteiger partial charge in [0.25, 0.3) is 8.32 Å². The van der Waals surface area contributed by atoms with Crippen LogP contribution in [0.1, 0.15) is 19.8 Å². The van der Waals surface area contributed by atoms with Crippen LogP contribution in [0.2, 0.25) is 6.55 Å². The number of hydrogen-bond donors (Lipinski definition) is 1. The third-order valence-corrected chi connectivity index (χ3v) is 9.82. The second kappa shape index (κ2) is 6.47. The summed E-state index contributed by atoms with van der Waals surface area (Å²) in [5.41, 5.74) is 0. The summed E-state index contributed by atoms with van der Waals surface area (Å²) in [6, 6.07) is 22.8. The number of benzene rings is 2. The molecule has 0 amide bonds. The average Bonchev–Trinajstić information content (AvgIpc) is 2.61. The molecule has 24 heavy (non-hydrogen) atoms. The van der Waals surface area contributed by atoms with Gasteiger partial charge in [0, 0.05) is 12.1 Å². The number of nitrogens with one attached hydrogen (secondary N) is 1. The largest absolute Gasteiger partial charge is 0.407 e. The van der Waals surface area contributed by atoms with Gasteiger partial charge in [-0.2, -0.15) is 0 Å². The molecule has 0 unspecified atom stereocenters. The van der Waals surface area contributed by atoms with Gasteiger partial charge in [0.05, 0.1) is 6.61 Å². The minimum absolute atomic E-state index is 0.502. The maximum atomic E-state index is 6.76. The van der Waals surface area contributed by atoms with Crippen molar-refractivity contribution in [2.24, 2.45) is 11.8 Å². The molecule has 2 aromatic rings. The Balaban J connectivity index is 1.57. The Hall–Kier alpha value is -1.42. The summed E-state index contributed by atoms with van der Waals surface area (Å²) >= 11 is 0. The molecule has 2 atom stereocenters. The van der Waals surface area contributed by atoms with E-state index in [1.807, 2.05) is 0 Å². The SMILES string of the molecule is C[C@H]1C2CC(C2)N[C@@H]1CO[Si](C)(c1ccccc1)c1ccccc1. The molecule has 3 fully saturated rings. The maximum Gasteiger partial charge on any atom is 0.252 e. The van der Waals surface area contributed by atoms with Gasteiger partial charge in [-0.3, -0.25) is 0 Å². The number of fused-ring (bicyclic) bond motifs is 2. The molecule has 0 radical (unpaired) electrons. The summed E-state index contributed by atoms with van der Waals surface area (Å²) in [6.07, 6.45) is 2.73. The fraction of sp³-hybridized carbons (Fsp3) is 0.429. The van der Waals surface area contributed by atoms with Crippen molar-refractivity contribution in [2.75, 3.05) is 6.61 Å². The smallest absolute Gasteiger partial charge is 0.252 e. The molecule has 2 aromatic carbocycles. The Kier molecular flexibility index (Phi) is 4.33. The normalized spacial score (nSPS) is 29.1. The van der Waals surface area contributed by atoms with E-state index in [-0.39, 0.29) is 0 Å². The number of rotatable bonds is 5. The van der Waals surface area contributed by atoms with Crippen LogP contribution in [0.15, 0.2) is 60.7 Å². The Bertz CT molecular complexity index is 629. The van der Waals surface area contributed by atoms with Crippen molar-refractivity contribution in [2.45, 2.75) is 38.4 Å². The predicted octanol–water partition coefficient (Wildman–Crippen LogP) is 2.78. The highest BCUT2D eigenvalue weighted by Crippen LogP contribution is 2.40. The fourth-order valence-corrected chi connectivity index (χ4v) is 7.15. The van der Waals surface area contributed by atoms with Crippen LogP contribution in [-0.4, -0.2) is 27.0 Å². The molecule has 2 bridgehead atoms. The molecule has 126 valence electrons. The summed E-state index contributed by atoms with van der Waals surface area (Å²) < 4.78 is 6.76. The zero-order valence-electron chi connectivity index (χ0n) is 14.6. The molecule has 2 heterocycles. The zero-order valence-corrected chi connectivity index (χ0v) is 15.6. The molecule has 1 saturated carbocycles. The van der Waals surface area contributed by atoms with Crippen molar-refractivity contribution in [3.63, 3.8) is 0 Å². The molecule has 2 aliphatic heterocycles. The second-order valence-corrected chi connectivity index (χ2v) is 11.1. The van der Waals surface area contributed by atoms with Crippen molar-refractivity contribution in [1.29, 1.82) is 0 Å². The molecule has 3 aliphatic rings. The molecule has 2 nitrogen and oxygen atoms in total. The lowest BCUT2D eigenvalue weighted by atomic mass is 9.66. The average molecular weight is 338 g/mol. The second-order valence-electron chi connectivity index (χ2n) is 7.64. The molecule has 1 N–H and O–H groups in total. The Morgan fingerprint density at radius 2 is 1.50 bits per heavy atom. The lowest BCUT2D eigenvalue weighted by Gasteiger charge is -2.51. The first kappa shape index (κ1) is 16.1. The topological polar surface area (TPSA) is 21.3 Å². The molecule has 1 aliphatic carbocycles. The van der Waals surface area contributed by atoms with Crippen LogP contribution in [-0.2, 0) is 4.43 Å². The molecule has 5 rings (SSSR count). The third kappa shape index (κ3) is 2.85. The minimum atomic E-state index is -2.16. The molecule has 0 aromatic heterocycles. The molecule has 3 heteroatoms. The summed E-state index contributed by atoms with van der Waals surface area (Å²) in [7, 11) is -2.16. The van der Waals surface area contributed by atoms with E-state index < -0.39 is 8.32 Å². The number of piperidine rings is 2. The van der Waals surface area contributed by atoms with Crippen LogP contribution in [0.5, 0.6) is 0 Å². The van der Waals surface area contributed by atoms with Crippen molar-refractivity contribution in [3.05, 3.63) is 60.7 Å². The molecular formula is C21H27NOSi. The molecule has 2 saturated heterocycles. The van der Waals surface area contributed by atoms with Crippen molar-refractivity contribution < 1.29 is 4.43 Å². The fourth-order valence-electron chi connectivity index (χ4n) is 4.31. The van der Waals surface area contributed by atoms with Gasteiger partial charge in [-0.25, -0.2) is 0 Å². The summed E-state index contributed by atoms with van der Waals surface area (Å²) in [4.78, 5) is 0. The first-order valence-corrected chi connectivity index (χ1v) is 11.6. The highest BCUT2D eigenvalue weighted by Gasteiger charge is 2.44.